The van der Waals surface area contributed by atoms with Crippen LogP contribution in [0.15, 0.2) is 36.4 Å². The first-order valence-electron chi connectivity index (χ1n) is 9.15. The lowest BCUT2D eigenvalue weighted by Crippen LogP contribution is -2.46. The van der Waals surface area contributed by atoms with Gasteiger partial charge in [0.2, 0.25) is 0 Å². The zero-order chi connectivity index (χ0) is 21.0. The molecule has 1 fully saturated rings. The number of hydroxylamine groups is 1. The van der Waals surface area contributed by atoms with Crippen LogP contribution in [0.5, 0.6) is 0 Å². The van der Waals surface area contributed by atoms with Crippen molar-refractivity contribution in [2.75, 3.05) is 0 Å². The van der Waals surface area contributed by atoms with Crippen molar-refractivity contribution in [3.63, 3.8) is 0 Å². The van der Waals surface area contributed by atoms with Crippen molar-refractivity contribution < 1.29 is 28.0 Å². The molecule has 0 radical (unpaired) electrons. The molecule has 4 N–H and O–H groups in total. The number of halogens is 3. The average Bonchev–Trinajstić information content (AvgIpc) is 3.22. The van der Waals surface area contributed by atoms with E-state index in [1.807, 2.05) is 0 Å². The van der Waals surface area contributed by atoms with Crippen molar-refractivity contribution in [3.05, 3.63) is 59.4 Å². The van der Waals surface area contributed by atoms with Gasteiger partial charge in [-0.3, -0.25) is 10.0 Å². The Bertz CT molecular complexity index is 877. The summed E-state index contributed by atoms with van der Waals surface area (Å²) in [5.74, 6) is -5.03. The van der Waals surface area contributed by atoms with E-state index in [2.05, 4.69) is 10.6 Å². The van der Waals surface area contributed by atoms with E-state index in [1.54, 1.807) is 0 Å². The molecule has 1 aliphatic carbocycles. The van der Waals surface area contributed by atoms with Gasteiger partial charge in [0.1, 0.15) is 6.04 Å². The molecule has 0 heterocycles. The van der Waals surface area contributed by atoms with Gasteiger partial charge in [0, 0.05) is 6.04 Å². The third-order valence-electron chi connectivity index (χ3n) is 4.90. The first kappa shape index (κ1) is 20.7. The third-order valence-corrected chi connectivity index (χ3v) is 4.90. The van der Waals surface area contributed by atoms with Gasteiger partial charge >= 0.3 is 6.03 Å². The summed E-state index contributed by atoms with van der Waals surface area (Å²) in [4.78, 5) is 24.2. The fourth-order valence-corrected chi connectivity index (χ4v) is 3.38. The molecule has 0 spiro atoms. The topological polar surface area (TPSA) is 90.5 Å². The predicted molar refractivity (Wildman–Crippen MR) is 98.3 cm³/mol. The molecular weight excluding hydrogens is 387 g/mol. The maximum atomic E-state index is 13.4. The second-order valence-corrected chi connectivity index (χ2v) is 6.88. The van der Waals surface area contributed by atoms with Crippen LogP contribution >= 0.6 is 0 Å². The highest BCUT2D eigenvalue weighted by Crippen LogP contribution is 2.26. The molecular formula is C20H20F3N3O3. The highest BCUT2D eigenvalue weighted by molar-refractivity contribution is 5.87. The number of carbonyl (C=O) groups excluding carboxylic acids is 2. The number of amides is 3. The summed E-state index contributed by atoms with van der Waals surface area (Å²) < 4.78 is 40.0. The van der Waals surface area contributed by atoms with Crippen LogP contribution in [-0.2, 0) is 4.79 Å². The molecule has 3 amide bonds. The van der Waals surface area contributed by atoms with Crippen LogP contribution in [0.2, 0.25) is 0 Å². The SMILES string of the molecule is O=C(NC1CCCC1)N[C@@H](C(=O)NO)c1ccc(-c2cc(F)c(F)c(F)c2)cc1. The van der Waals surface area contributed by atoms with E-state index < -0.39 is 35.4 Å². The maximum absolute atomic E-state index is 13.4. The fourth-order valence-electron chi connectivity index (χ4n) is 3.38. The van der Waals surface area contributed by atoms with E-state index in [9.17, 15) is 22.8 Å². The molecule has 1 saturated carbocycles. The Morgan fingerprint density at radius 2 is 1.55 bits per heavy atom. The van der Waals surface area contributed by atoms with Crippen molar-refractivity contribution in [3.8, 4) is 11.1 Å². The summed E-state index contributed by atoms with van der Waals surface area (Å²) in [6.07, 6.45) is 3.78. The van der Waals surface area contributed by atoms with Crippen LogP contribution in [0, 0.1) is 17.5 Å². The number of nitrogens with one attached hydrogen (secondary N) is 3. The van der Waals surface area contributed by atoms with E-state index >= 15 is 0 Å². The van der Waals surface area contributed by atoms with Crippen molar-refractivity contribution in [1.82, 2.24) is 16.1 Å². The van der Waals surface area contributed by atoms with Crippen LogP contribution < -0.4 is 16.1 Å². The molecule has 9 heteroatoms. The zero-order valence-corrected chi connectivity index (χ0v) is 15.3. The molecule has 1 aliphatic rings. The molecule has 1 atom stereocenters. The molecule has 29 heavy (non-hydrogen) atoms. The lowest BCUT2D eigenvalue weighted by Gasteiger charge is -2.20. The summed E-state index contributed by atoms with van der Waals surface area (Å²) in [7, 11) is 0. The Balaban J connectivity index is 1.78. The fraction of sp³-hybridized carbons (Fsp3) is 0.300. The predicted octanol–water partition coefficient (Wildman–Crippen LogP) is 3.56. The molecule has 154 valence electrons. The normalized spacial score (nSPS) is 15.0. The highest BCUT2D eigenvalue weighted by atomic mass is 19.2. The standard InChI is InChI=1S/C20H20F3N3O3/c21-15-9-13(10-16(22)17(15)23)11-5-7-12(8-6-11)18(19(27)26-29)25-20(28)24-14-3-1-2-4-14/h5-10,14,18,29H,1-4H2,(H,26,27)(H2,24,25,28)/t18-/m1/s1. The van der Waals surface area contributed by atoms with Gasteiger partial charge in [-0.25, -0.2) is 23.4 Å². The lowest BCUT2D eigenvalue weighted by atomic mass is 10.00. The number of hydrogen-bond acceptors (Lipinski definition) is 3. The van der Waals surface area contributed by atoms with E-state index in [4.69, 9.17) is 5.21 Å². The van der Waals surface area contributed by atoms with Crippen molar-refractivity contribution in [1.29, 1.82) is 0 Å². The van der Waals surface area contributed by atoms with Gasteiger partial charge in [-0.15, -0.1) is 0 Å². The van der Waals surface area contributed by atoms with Gasteiger partial charge in [0.25, 0.3) is 5.91 Å². The molecule has 0 aromatic heterocycles. The highest BCUT2D eigenvalue weighted by Gasteiger charge is 2.25. The third kappa shape index (κ3) is 4.86. The average molecular weight is 407 g/mol. The number of urea groups is 1. The molecule has 0 bridgehead atoms. The monoisotopic (exact) mass is 407 g/mol. The molecule has 2 aromatic carbocycles. The minimum absolute atomic E-state index is 0.0403. The Morgan fingerprint density at radius 3 is 2.10 bits per heavy atom. The molecule has 6 nitrogen and oxygen atoms in total. The largest absolute Gasteiger partial charge is 0.335 e. The first-order valence-corrected chi connectivity index (χ1v) is 9.15. The quantitative estimate of drug-likeness (QED) is 0.347. The number of hydrogen-bond donors (Lipinski definition) is 4. The molecule has 2 aromatic rings. The molecule has 0 aliphatic heterocycles. The summed E-state index contributed by atoms with van der Waals surface area (Å²) in [6, 6.07) is 5.89. The van der Waals surface area contributed by atoms with Crippen molar-refractivity contribution >= 4 is 11.9 Å². The van der Waals surface area contributed by atoms with Gasteiger partial charge in [0.05, 0.1) is 0 Å². The Morgan fingerprint density at radius 1 is 0.966 bits per heavy atom. The van der Waals surface area contributed by atoms with Crippen LogP contribution in [-0.4, -0.2) is 23.2 Å². The van der Waals surface area contributed by atoms with Gasteiger partial charge in [-0.2, -0.15) is 0 Å². The molecule has 0 unspecified atom stereocenters. The molecule has 0 saturated heterocycles. The van der Waals surface area contributed by atoms with Crippen molar-refractivity contribution in [2.45, 2.75) is 37.8 Å². The second kappa shape index (κ2) is 8.95. The van der Waals surface area contributed by atoms with E-state index in [1.165, 1.54) is 29.7 Å². The Labute approximate surface area is 165 Å². The van der Waals surface area contributed by atoms with Crippen LogP contribution in [0.25, 0.3) is 11.1 Å². The van der Waals surface area contributed by atoms with E-state index in [0.717, 1.165) is 37.8 Å². The Hall–Kier alpha value is -3.07. The van der Waals surface area contributed by atoms with Gasteiger partial charge in [-0.1, -0.05) is 37.1 Å². The summed E-state index contributed by atoms with van der Waals surface area (Å²) in [5, 5.41) is 14.3. The number of benzene rings is 2. The van der Waals surface area contributed by atoms with Gasteiger partial charge in [-0.05, 0) is 41.7 Å². The van der Waals surface area contributed by atoms with Gasteiger partial charge in [0.15, 0.2) is 17.5 Å². The smallest absolute Gasteiger partial charge is 0.315 e. The van der Waals surface area contributed by atoms with Crippen molar-refractivity contribution in [2.24, 2.45) is 0 Å². The summed E-state index contributed by atoms with van der Waals surface area (Å²) >= 11 is 0. The lowest BCUT2D eigenvalue weighted by molar-refractivity contribution is -0.131. The summed E-state index contributed by atoms with van der Waals surface area (Å²) in [5.41, 5.74) is 2.34. The van der Waals surface area contributed by atoms with E-state index in [0.29, 0.717) is 11.1 Å². The number of rotatable bonds is 5. The first-order chi connectivity index (χ1) is 13.9. The molecule has 3 rings (SSSR count). The number of carbonyl (C=O) groups is 2. The second-order valence-electron chi connectivity index (χ2n) is 6.88. The minimum Gasteiger partial charge on any atom is -0.335 e. The zero-order valence-electron chi connectivity index (χ0n) is 15.3. The van der Waals surface area contributed by atoms with E-state index in [-0.39, 0.29) is 11.6 Å². The van der Waals surface area contributed by atoms with Crippen LogP contribution in [0.4, 0.5) is 18.0 Å². The summed E-state index contributed by atoms with van der Waals surface area (Å²) in [6.45, 7) is 0. The Kier molecular flexibility index (Phi) is 6.38. The van der Waals surface area contributed by atoms with Gasteiger partial charge < -0.3 is 10.6 Å². The maximum Gasteiger partial charge on any atom is 0.315 e. The minimum atomic E-state index is -1.55. The van der Waals surface area contributed by atoms with Crippen LogP contribution in [0.3, 0.4) is 0 Å². The van der Waals surface area contributed by atoms with Crippen LogP contribution in [0.1, 0.15) is 37.3 Å².